The molecular formula is C15H20FN5. The fraction of sp³-hybridized carbons (Fsp3) is 0.533. The van der Waals surface area contributed by atoms with Gasteiger partial charge in [-0.15, -0.1) is 5.10 Å². The van der Waals surface area contributed by atoms with Crippen molar-refractivity contribution in [3.05, 3.63) is 24.0 Å². The van der Waals surface area contributed by atoms with Crippen LogP contribution in [0, 0.1) is 17.7 Å². The molecule has 0 spiro atoms. The van der Waals surface area contributed by atoms with Crippen LogP contribution < -0.4 is 5.73 Å². The molecule has 0 saturated heterocycles. The Labute approximate surface area is 123 Å². The molecule has 112 valence electrons. The second-order valence-corrected chi connectivity index (χ2v) is 6.10. The van der Waals surface area contributed by atoms with Crippen molar-refractivity contribution in [3.63, 3.8) is 0 Å². The van der Waals surface area contributed by atoms with Gasteiger partial charge in [0.25, 0.3) is 0 Å². The number of halogens is 1. The first-order valence-electron chi connectivity index (χ1n) is 7.39. The molecule has 3 unspecified atom stereocenters. The summed E-state index contributed by atoms with van der Waals surface area (Å²) < 4.78 is 15.1. The summed E-state index contributed by atoms with van der Waals surface area (Å²) in [4.78, 5) is 0. The molecule has 2 aromatic rings. The van der Waals surface area contributed by atoms with Crippen molar-refractivity contribution in [1.29, 1.82) is 0 Å². The Morgan fingerprint density at radius 1 is 1.24 bits per heavy atom. The minimum absolute atomic E-state index is 0.283. The number of nitrogens with two attached hydrogens (primary N) is 1. The van der Waals surface area contributed by atoms with Gasteiger partial charge in [-0.25, -0.2) is 9.07 Å². The van der Waals surface area contributed by atoms with Crippen LogP contribution in [0.3, 0.4) is 0 Å². The molecule has 0 amide bonds. The number of tetrazole rings is 1. The number of nitrogen functional groups attached to an aromatic ring is 1. The monoisotopic (exact) mass is 289 g/mol. The number of nitrogens with zero attached hydrogens (tertiary/aromatic N) is 4. The van der Waals surface area contributed by atoms with Crippen LogP contribution in [0.25, 0.3) is 11.4 Å². The molecule has 1 aromatic carbocycles. The van der Waals surface area contributed by atoms with Gasteiger partial charge in [0.2, 0.25) is 0 Å². The molecule has 5 nitrogen and oxygen atoms in total. The topological polar surface area (TPSA) is 69.6 Å². The van der Waals surface area contributed by atoms with E-state index in [0.29, 0.717) is 23.0 Å². The van der Waals surface area contributed by atoms with E-state index >= 15 is 0 Å². The third-order valence-electron chi connectivity index (χ3n) is 4.66. The molecule has 0 radical (unpaired) electrons. The van der Waals surface area contributed by atoms with E-state index in [2.05, 4.69) is 29.4 Å². The minimum Gasteiger partial charge on any atom is -0.398 e. The van der Waals surface area contributed by atoms with Crippen molar-refractivity contribution in [1.82, 2.24) is 20.2 Å². The van der Waals surface area contributed by atoms with Gasteiger partial charge in [0.15, 0.2) is 5.82 Å². The molecule has 1 aliphatic rings. The van der Waals surface area contributed by atoms with Gasteiger partial charge >= 0.3 is 0 Å². The first kappa shape index (κ1) is 14.0. The highest BCUT2D eigenvalue weighted by molar-refractivity contribution is 5.71. The van der Waals surface area contributed by atoms with Crippen LogP contribution in [0.5, 0.6) is 0 Å². The van der Waals surface area contributed by atoms with Crippen molar-refractivity contribution < 1.29 is 4.39 Å². The van der Waals surface area contributed by atoms with Crippen LogP contribution in [0.1, 0.15) is 39.2 Å². The Balaban J connectivity index is 1.94. The maximum absolute atomic E-state index is 13.2. The van der Waals surface area contributed by atoms with Gasteiger partial charge in [-0.05, 0) is 59.7 Å². The molecule has 1 aliphatic carbocycles. The van der Waals surface area contributed by atoms with E-state index in [-0.39, 0.29) is 11.9 Å². The maximum atomic E-state index is 13.2. The van der Waals surface area contributed by atoms with Crippen LogP contribution in [-0.4, -0.2) is 20.2 Å². The standard InChI is InChI=1S/C15H20FN5/c1-9-3-5-12(7-10(9)2)21-15(18-19-20-21)13-6-4-11(16)8-14(13)17/h4,6,8-10,12H,3,5,7,17H2,1-2H3. The summed E-state index contributed by atoms with van der Waals surface area (Å²) in [6, 6.07) is 4.61. The van der Waals surface area contributed by atoms with Crippen LogP contribution in [0.4, 0.5) is 10.1 Å². The van der Waals surface area contributed by atoms with E-state index in [9.17, 15) is 4.39 Å². The Hall–Kier alpha value is -1.98. The van der Waals surface area contributed by atoms with Crippen molar-refractivity contribution in [3.8, 4) is 11.4 Å². The molecule has 0 aliphatic heterocycles. The second-order valence-electron chi connectivity index (χ2n) is 6.10. The van der Waals surface area contributed by atoms with Gasteiger partial charge in [0.1, 0.15) is 5.82 Å². The minimum atomic E-state index is -0.351. The summed E-state index contributed by atoms with van der Waals surface area (Å²) in [6.45, 7) is 4.56. The molecule has 0 bridgehead atoms. The predicted molar refractivity (Wildman–Crippen MR) is 78.8 cm³/mol. The Bertz CT molecular complexity index is 639. The van der Waals surface area contributed by atoms with Crippen LogP contribution >= 0.6 is 0 Å². The summed E-state index contributed by atoms with van der Waals surface area (Å²) in [6.07, 6.45) is 3.29. The lowest BCUT2D eigenvalue weighted by molar-refractivity contribution is 0.200. The van der Waals surface area contributed by atoms with E-state index in [1.165, 1.54) is 18.6 Å². The fourth-order valence-electron chi connectivity index (χ4n) is 3.10. The molecular weight excluding hydrogens is 269 g/mol. The maximum Gasteiger partial charge on any atom is 0.184 e. The van der Waals surface area contributed by atoms with Gasteiger partial charge in [0.05, 0.1) is 6.04 Å². The first-order valence-corrected chi connectivity index (χ1v) is 7.39. The number of hydrogen-bond donors (Lipinski definition) is 1. The normalized spacial score (nSPS) is 26.0. The highest BCUT2D eigenvalue weighted by atomic mass is 19.1. The van der Waals surface area contributed by atoms with Crippen molar-refractivity contribution in [2.45, 2.75) is 39.2 Å². The molecule has 1 fully saturated rings. The van der Waals surface area contributed by atoms with Crippen LogP contribution in [-0.2, 0) is 0 Å². The lowest BCUT2D eigenvalue weighted by Gasteiger charge is -2.32. The Kier molecular flexibility index (Phi) is 3.61. The number of rotatable bonds is 2. The number of hydrogen-bond acceptors (Lipinski definition) is 4. The number of anilines is 1. The number of benzene rings is 1. The summed E-state index contributed by atoms with van der Waals surface area (Å²) in [5.74, 6) is 1.65. The first-order chi connectivity index (χ1) is 10.1. The van der Waals surface area contributed by atoms with Crippen LogP contribution in [0.2, 0.25) is 0 Å². The van der Waals surface area contributed by atoms with E-state index in [4.69, 9.17) is 5.73 Å². The molecule has 1 aromatic heterocycles. The Morgan fingerprint density at radius 3 is 2.76 bits per heavy atom. The van der Waals surface area contributed by atoms with Crippen molar-refractivity contribution in [2.24, 2.45) is 11.8 Å². The highest BCUT2D eigenvalue weighted by Crippen LogP contribution is 2.37. The van der Waals surface area contributed by atoms with Gasteiger partial charge in [-0.2, -0.15) is 0 Å². The average molecular weight is 289 g/mol. The summed E-state index contributed by atoms with van der Waals surface area (Å²) in [5.41, 5.74) is 6.96. The van der Waals surface area contributed by atoms with E-state index in [0.717, 1.165) is 18.8 Å². The fourth-order valence-corrected chi connectivity index (χ4v) is 3.10. The molecule has 6 heteroatoms. The molecule has 1 heterocycles. The third kappa shape index (κ3) is 2.62. The zero-order valence-corrected chi connectivity index (χ0v) is 12.3. The smallest absolute Gasteiger partial charge is 0.184 e. The van der Waals surface area contributed by atoms with E-state index in [1.807, 2.05) is 4.68 Å². The van der Waals surface area contributed by atoms with Gasteiger partial charge in [0, 0.05) is 11.3 Å². The zero-order valence-electron chi connectivity index (χ0n) is 12.3. The molecule has 2 N–H and O–H groups in total. The SMILES string of the molecule is CC1CCC(n2nnnc2-c2ccc(F)cc2N)CC1C. The van der Waals surface area contributed by atoms with Gasteiger partial charge < -0.3 is 5.73 Å². The predicted octanol–water partition coefficient (Wildman–Crippen LogP) is 3.06. The quantitative estimate of drug-likeness (QED) is 0.863. The van der Waals surface area contributed by atoms with Gasteiger partial charge in [-0.1, -0.05) is 13.8 Å². The highest BCUT2D eigenvalue weighted by Gasteiger charge is 2.28. The average Bonchev–Trinajstić information content (AvgIpc) is 2.91. The Morgan fingerprint density at radius 2 is 2.05 bits per heavy atom. The zero-order chi connectivity index (χ0) is 15.0. The summed E-state index contributed by atoms with van der Waals surface area (Å²) in [5, 5.41) is 12.0. The summed E-state index contributed by atoms with van der Waals surface area (Å²) in [7, 11) is 0. The molecule has 1 saturated carbocycles. The van der Waals surface area contributed by atoms with Gasteiger partial charge in [-0.3, -0.25) is 0 Å². The lowest BCUT2D eigenvalue weighted by atomic mass is 9.79. The van der Waals surface area contributed by atoms with E-state index in [1.54, 1.807) is 6.07 Å². The third-order valence-corrected chi connectivity index (χ3v) is 4.66. The molecule has 3 atom stereocenters. The van der Waals surface area contributed by atoms with Crippen LogP contribution in [0.15, 0.2) is 18.2 Å². The van der Waals surface area contributed by atoms with Crippen molar-refractivity contribution >= 4 is 5.69 Å². The van der Waals surface area contributed by atoms with E-state index < -0.39 is 0 Å². The second kappa shape index (κ2) is 5.42. The summed E-state index contributed by atoms with van der Waals surface area (Å²) >= 11 is 0. The molecule has 3 rings (SSSR count). The lowest BCUT2D eigenvalue weighted by Crippen LogP contribution is -2.24. The van der Waals surface area contributed by atoms with Crippen molar-refractivity contribution in [2.75, 3.05) is 5.73 Å². The number of aromatic nitrogens is 4. The molecule has 21 heavy (non-hydrogen) atoms. The largest absolute Gasteiger partial charge is 0.398 e.